The number of benzene rings is 1. The van der Waals surface area contributed by atoms with Gasteiger partial charge in [-0.25, -0.2) is 0 Å². The third kappa shape index (κ3) is 2.77. The molecule has 1 aliphatic carbocycles. The fourth-order valence-corrected chi connectivity index (χ4v) is 3.05. The molecule has 1 spiro atoms. The highest BCUT2D eigenvalue weighted by Gasteiger charge is 2.40. The molecule has 1 saturated carbocycles. The van der Waals surface area contributed by atoms with E-state index in [-0.39, 0.29) is 5.79 Å². The highest BCUT2D eigenvalue weighted by molar-refractivity contribution is 5.48. The first-order valence-corrected chi connectivity index (χ1v) is 7.29. The first-order chi connectivity index (χ1) is 9.17. The van der Waals surface area contributed by atoms with Crippen LogP contribution < -0.4 is 5.32 Å². The van der Waals surface area contributed by atoms with Crippen molar-refractivity contribution in [3.8, 4) is 0 Å². The molecule has 3 rings (SSSR count). The highest BCUT2D eigenvalue weighted by atomic mass is 16.7. The molecule has 2 fully saturated rings. The van der Waals surface area contributed by atoms with E-state index in [1.54, 1.807) is 0 Å². The van der Waals surface area contributed by atoms with Crippen LogP contribution in [0.4, 0.5) is 5.69 Å². The summed E-state index contributed by atoms with van der Waals surface area (Å²) in [4.78, 5) is 0. The molecule has 2 aliphatic rings. The Balaban J connectivity index is 1.58. The zero-order valence-electron chi connectivity index (χ0n) is 11.9. The minimum atomic E-state index is -0.249. The molecule has 3 heteroatoms. The Morgan fingerprint density at radius 2 is 1.74 bits per heavy atom. The van der Waals surface area contributed by atoms with Crippen LogP contribution in [0.3, 0.4) is 0 Å². The van der Waals surface area contributed by atoms with E-state index in [0.717, 1.165) is 38.9 Å². The maximum absolute atomic E-state index is 5.76. The summed E-state index contributed by atoms with van der Waals surface area (Å²) in [6.07, 6.45) is 4.25. The van der Waals surface area contributed by atoms with Crippen LogP contribution >= 0.6 is 0 Å². The first kappa shape index (κ1) is 12.9. The molecule has 0 bridgehead atoms. The molecule has 1 saturated heterocycles. The largest absolute Gasteiger partial charge is 0.382 e. The Morgan fingerprint density at radius 3 is 2.37 bits per heavy atom. The maximum atomic E-state index is 5.76. The Bertz CT molecular complexity index is 442. The average Bonchev–Trinajstić information content (AvgIpc) is 2.86. The second-order valence-corrected chi connectivity index (χ2v) is 5.83. The number of rotatable bonds is 2. The summed E-state index contributed by atoms with van der Waals surface area (Å²) in [6, 6.07) is 7.14. The minimum Gasteiger partial charge on any atom is -0.382 e. The zero-order chi connectivity index (χ0) is 13.3. The van der Waals surface area contributed by atoms with Crippen molar-refractivity contribution >= 4 is 5.69 Å². The first-order valence-electron chi connectivity index (χ1n) is 7.29. The van der Waals surface area contributed by atoms with Crippen LogP contribution in [0.2, 0.25) is 0 Å². The Kier molecular flexibility index (Phi) is 3.50. The summed E-state index contributed by atoms with van der Waals surface area (Å²) in [5, 5.41) is 3.64. The molecule has 1 aromatic carbocycles. The van der Waals surface area contributed by atoms with Gasteiger partial charge < -0.3 is 14.8 Å². The Morgan fingerprint density at radius 1 is 1.05 bits per heavy atom. The van der Waals surface area contributed by atoms with E-state index >= 15 is 0 Å². The average molecular weight is 261 g/mol. The molecule has 0 radical (unpaired) electrons. The fourth-order valence-electron chi connectivity index (χ4n) is 3.05. The molecule has 1 aliphatic heterocycles. The van der Waals surface area contributed by atoms with Crippen molar-refractivity contribution in [2.75, 3.05) is 18.5 Å². The maximum Gasteiger partial charge on any atom is 0.168 e. The molecular weight excluding hydrogens is 238 g/mol. The fraction of sp³-hybridized carbons (Fsp3) is 0.625. The lowest BCUT2D eigenvalue weighted by Gasteiger charge is -2.36. The predicted molar refractivity (Wildman–Crippen MR) is 76.4 cm³/mol. The van der Waals surface area contributed by atoms with E-state index in [1.807, 2.05) is 0 Å². The Labute approximate surface area is 115 Å². The second-order valence-electron chi connectivity index (χ2n) is 5.83. The smallest absolute Gasteiger partial charge is 0.168 e. The van der Waals surface area contributed by atoms with Crippen molar-refractivity contribution in [3.05, 3.63) is 29.3 Å². The SMILES string of the molecule is Cc1ccc(NC2CCC3(CC2)OCCO3)cc1C. The minimum absolute atomic E-state index is 0.249. The van der Waals surface area contributed by atoms with Crippen LogP contribution in [-0.2, 0) is 9.47 Å². The van der Waals surface area contributed by atoms with Crippen molar-refractivity contribution in [1.82, 2.24) is 0 Å². The molecule has 19 heavy (non-hydrogen) atoms. The van der Waals surface area contributed by atoms with Crippen LogP contribution in [0, 0.1) is 13.8 Å². The predicted octanol–water partition coefficient (Wildman–Crippen LogP) is 3.40. The summed E-state index contributed by atoms with van der Waals surface area (Å²) < 4.78 is 11.5. The van der Waals surface area contributed by atoms with Gasteiger partial charge in [0.25, 0.3) is 0 Å². The normalized spacial score (nSPS) is 22.8. The molecule has 0 amide bonds. The van der Waals surface area contributed by atoms with Gasteiger partial charge in [-0.2, -0.15) is 0 Å². The van der Waals surface area contributed by atoms with Crippen molar-refractivity contribution in [3.63, 3.8) is 0 Å². The molecule has 1 N–H and O–H groups in total. The van der Waals surface area contributed by atoms with Gasteiger partial charge >= 0.3 is 0 Å². The summed E-state index contributed by atoms with van der Waals surface area (Å²) >= 11 is 0. The van der Waals surface area contributed by atoms with Gasteiger partial charge in [0.05, 0.1) is 13.2 Å². The summed E-state index contributed by atoms with van der Waals surface area (Å²) in [5.74, 6) is -0.249. The molecule has 104 valence electrons. The van der Waals surface area contributed by atoms with Crippen LogP contribution in [0.5, 0.6) is 0 Å². The van der Waals surface area contributed by atoms with E-state index < -0.39 is 0 Å². The number of hydrogen-bond acceptors (Lipinski definition) is 3. The summed E-state index contributed by atoms with van der Waals surface area (Å²) in [6.45, 7) is 5.83. The summed E-state index contributed by atoms with van der Waals surface area (Å²) in [5.41, 5.74) is 3.93. The number of aryl methyl sites for hydroxylation is 2. The number of ether oxygens (including phenoxy) is 2. The standard InChI is InChI=1S/C16H23NO2/c1-12-3-4-15(11-13(12)2)17-14-5-7-16(8-6-14)18-9-10-19-16/h3-4,11,14,17H,5-10H2,1-2H3. The van der Waals surface area contributed by atoms with E-state index in [1.165, 1.54) is 16.8 Å². The van der Waals surface area contributed by atoms with Crippen LogP contribution in [0.1, 0.15) is 36.8 Å². The second kappa shape index (κ2) is 5.14. The lowest BCUT2D eigenvalue weighted by molar-refractivity contribution is -0.177. The molecule has 1 aromatic rings. The van der Waals surface area contributed by atoms with Crippen molar-refractivity contribution in [2.24, 2.45) is 0 Å². The van der Waals surface area contributed by atoms with Gasteiger partial charge in [0.2, 0.25) is 0 Å². The van der Waals surface area contributed by atoms with Gasteiger partial charge in [0.15, 0.2) is 5.79 Å². The number of nitrogens with one attached hydrogen (secondary N) is 1. The molecular formula is C16H23NO2. The van der Waals surface area contributed by atoms with Gasteiger partial charge in [-0.1, -0.05) is 6.07 Å². The van der Waals surface area contributed by atoms with E-state index in [9.17, 15) is 0 Å². The zero-order valence-corrected chi connectivity index (χ0v) is 11.9. The van der Waals surface area contributed by atoms with Crippen LogP contribution in [0.25, 0.3) is 0 Å². The van der Waals surface area contributed by atoms with Crippen molar-refractivity contribution in [1.29, 1.82) is 0 Å². The van der Waals surface area contributed by atoms with E-state index in [0.29, 0.717) is 6.04 Å². The Hall–Kier alpha value is -1.06. The van der Waals surface area contributed by atoms with Gasteiger partial charge in [0.1, 0.15) is 0 Å². The number of hydrogen-bond donors (Lipinski definition) is 1. The molecule has 1 heterocycles. The van der Waals surface area contributed by atoms with Crippen molar-refractivity contribution < 1.29 is 9.47 Å². The molecule has 0 aromatic heterocycles. The topological polar surface area (TPSA) is 30.5 Å². The lowest BCUT2D eigenvalue weighted by Crippen LogP contribution is -2.39. The third-order valence-electron chi connectivity index (χ3n) is 4.44. The summed E-state index contributed by atoms with van der Waals surface area (Å²) in [7, 11) is 0. The van der Waals surface area contributed by atoms with Gasteiger partial charge in [-0.05, 0) is 49.9 Å². The van der Waals surface area contributed by atoms with Gasteiger partial charge in [-0.3, -0.25) is 0 Å². The monoisotopic (exact) mass is 261 g/mol. The molecule has 3 nitrogen and oxygen atoms in total. The third-order valence-corrected chi connectivity index (χ3v) is 4.44. The van der Waals surface area contributed by atoms with Gasteiger partial charge in [0, 0.05) is 24.6 Å². The quantitative estimate of drug-likeness (QED) is 0.885. The van der Waals surface area contributed by atoms with Crippen LogP contribution in [-0.4, -0.2) is 25.0 Å². The lowest BCUT2D eigenvalue weighted by atomic mass is 9.90. The van der Waals surface area contributed by atoms with Crippen molar-refractivity contribution in [2.45, 2.75) is 51.4 Å². The van der Waals surface area contributed by atoms with E-state index in [4.69, 9.17) is 9.47 Å². The van der Waals surface area contributed by atoms with E-state index in [2.05, 4.69) is 37.4 Å². The number of anilines is 1. The molecule has 0 unspecified atom stereocenters. The van der Waals surface area contributed by atoms with Gasteiger partial charge in [-0.15, -0.1) is 0 Å². The molecule has 0 atom stereocenters. The highest BCUT2D eigenvalue weighted by Crippen LogP contribution is 2.36. The van der Waals surface area contributed by atoms with Crippen LogP contribution in [0.15, 0.2) is 18.2 Å².